The molecule has 0 radical (unpaired) electrons. The molecule has 2 aliphatic rings. The molecule has 0 atom stereocenters. The van der Waals surface area contributed by atoms with Gasteiger partial charge in [0.2, 0.25) is 0 Å². The van der Waals surface area contributed by atoms with E-state index in [2.05, 4.69) is 29.3 Å². The van der Waals surface area contributed by atoms with E-state index in [-0.39, 0.29) is 11.4 Å². The molecule has 1 amide bonds. The quantitative estimate of drug-likeness (QED) is 0.828. The van der Waals surface area contributed by atoms with Gasteiger partial charge in [-0.15, -0.1) is 0 Å². The van der Waals surface area contributed by atoms with Gasteiger partial charge in [0, 0.05) is 17.8 Å². The van der Waals surface area contributed by atoms with Crippen molar-refractivity contribution in [1.82, 2.24) is 5.32 Å². The van der Waals surface area contributed by atoms with Crippen molar-refractivity contribution in [3.05, 3.63) is 64.7 Å². The number of hydrogen-bond donors (Lipinski definition) is 2. The zero-order chi connectivity index (χ0) is 19.0. The van der Waals surface area contributed by atoms with E-state index in [1.54, 1.807) is 7.11 Å². The summed E-state index contributed by atoms with van der Waals surface area (Å²) in [6.45, 7) is 6.89. The third-order valence-corrected chi connectivity index (χ3v) is 5.73. The van der Waals surface area contributed by atoms with Crippen molar-refractivity contribution >= 4 is 17.7 Å². The Kier molecular flexibility index (Phi) is 4.42. The van der Waals surface area contributed by atoms with E-state index in [0.29, 0.717) is 11.3 Å². The van der Waals surface area contributed by atoms with Gasteiger partial charge in [-0.1, -0.05) is 18.7 Å². The van der Waals surface area contributed by atoms with Gasteiger partial charge in [0.25, 0.3) is 5.91 Å². The van der Waals surface area contributed by atoms with Crippen LogP contribution in [0.4, 0.5) is 5.69 Å². The third-order valence-electron chi connectivity index (χ3n) is 5.73. The summed E-state index contributed by atoms with van der Waals surface area (Å²) in [7, 11) is 1.62. The van der Waals surface area contributed by atoms with Gasteiger partial charge in [0.05, 0.1) is 12.6 Å². The topological polar surface area (TPSA) is 50.4 Å². The molecule has 0 unspecified atom stereocenters. The van der Waals surface area contributed by atoms with Gasteiger partial charge in [0.1, 0.15) is 5.75 Å². The molecular weight excluding hydrogens is 336 g/mol. The van der Waals surface area contributed by atoms with Crippen molar-refractivity contribution in [1.29, 1.82) is 0 Å². The number of carbonyl (C=O) groups is 1. The summed E-state index contributed by atoms with van der Waals surface area (Å²) in [5.74, 6) is 0.663. The number of nitrogens with one attached hydrogen (secondary N) is 2. The number of benzene rings is 2. The highest BCUT2D eigenvalue weighted by molar-refractivity contribution is 5.97. The number of hydrogen-bond acceptors (Lipinski definition) is 3. The number of fused-ring (bicyclic) bond motifs is 1. The van der Waals surface area contributed by atoms with Crippen LogP contribution in [0, 0.1) is 6.92 Å². The Hall–Kier alpha value is -2.75. The third kappa shape index (κ3) is 3.20. The molecule has 0 bridgehead atoms. The molecule has 4 heteroatoms. The smallest absolute Gasteiger partial charge is 0.252 e. The van der Waals surface area contributed by atoms with Crippen molar-refractivity contribution < 1.29 is 9.53 Å². The fourth-order valence-electron chi connectivity index (χ4n) is 4.00. The summed E-state index contributed by atoms with van der Waals surface area (Å²) >= 11 is 0. The second-order valence-electron chi connectivity index (χ2n) is 7.55. The fourth-order valence-corrected chi connectivity index (χ4v) is 4.00. The van der Waals surface area contributed by atoms with E-state index in [1.165, 1.54) is 16.8 Å². The Morgan fingerprint density at radius 3 is 2.81 bits per heavy atom. The minimum Gasteiger partial charge on any atom is -0.497 e. The second-order valence-corrected chi connectivity index (χ2v) is 7.55. The van der Waals surface area contributed by atoms with Crippen LogP contribution in [-0.4, -0.2) is 19.6 Å². The van der Waals surface area contributed by atoms with Crippen LogP contribution >= 0.6 is 0 Å². The van der Waals surface area contributed by atoms with Gasteiger partial charge in [-0.25, -0.2) is 0 Å². The van der Waals surface area contributed by atoms with Crippen LogP contribution in [0.15, 0.2) is 36.9 Å². The average molecular weight is 362 g/mol. The molecule has 4 nitrogen and oxygen atoms in total. The molecular formula is C23H26N2O2. The van der Waals surface area contributed by atoms with Crippen LogP contribution in [0.5, 0.6) is 5.75 Å². The fraction of sp³-hybridized carbons (Fsp3) is 0.348. The molecule has 0 saturated heterocycles. The highest BCUT2D eigenvalue weighted by Gasteiger charge is 2.47. The molecule has 2 aromatic rings. The highest BCUT2D eigenvalue weighted by Crippen LogP contribution is 2.49. The first-order valence-corrected chi connectivity index (χ1v) is 9.57. The van der Waals surface area contributed by atoms with Crippen molar-refractivity contribution in [2.45, 2.75) is 38.1 Å². The molecule has 4 rings (SSSR count). The molecule has 1 aliphatic carbocycles. The maximum Gasteiger partial charge on any atom is 0.252 e. The number of anilines is 1. The minimum atomic E-state index is -0.269. The summed E-state index contributed by atoms with van der Waals surface area (Å²) in [5, 5.41) is 6.85. The molecule has 140 valence electrons. The number of amides is 1. The summed E-state index contributed by atoms with van der Waals surface area (Å²) in [6, 6.07) is 9.99. The minimum absolute atomic E-state index is 0.0366. The molecule has 0 aromatic heterocycles. The number of ether oxygens (including phenoxy) is 1. The van der Waals surface area contributed by atoms with Crippen LogP contribution in [-0.2, 0) is 12.0 Å². The largest absolute Gasteiger partial charge is 0.497 e. The van der Waals surface area contributed by atoms with Gasteiger partial charge in [-0.3, -0.25) is 4.79 Å². The molecule has 1 heterocycles. The van der Waals surface area contributed by atoms with Crippen LogP contribution in [0.3, 0.4) is 0 Å². The molecule has 1 fully saturated rings. The van der Waals surface area contributed by atoms with Crippen LogP contribution in [0.1, 0.15) is 51.9 Å². The lowest BCUT2D eigenvalue weighted by molar-refractivity contribution is 0.0929. The van der Waals surface area contributed by atoms with E-state index in [4.69, 9.17) is 4.74 Å². The Balaban J connectivity index is 1.69. The van der Waals surface area contributed by atoms with E-state index < -0.39 is 0 Å². The zero-order valence-electron chi connectivity index (χ0n) is 16.0. The van der Waals surface area contributed by atoms with Crippen LogP contribution in [0.2, 0.25) is 0 Å². The highest BCUT2D eigenvalue weighted by atomic mass is 16.5. The van der Waals surface area contributed by atoms with Gasteiger partial charge in [-0.05, 0) is 79.1 Å². The van der Waals surface area contributed by atoms with Crippen molar-refractivity contribution in [3.63, 3.8) is 0 Å². The number of rotatable bonds is 5. The van der Waals surface area contributed by atoms with E-state index in [9.17, 15) is 4.79 Å². The summed E-state index contributed by atoms with van der Waals surface area (Å²) in [6.07, 6.45) is 5.98. The normalized spacial score (nSPS) is 16.7. The summed E-state index contributed by atoms with van der Waals surface area (Å²) in [5.41, 5.74) is 6.22. The monoisotopic (exact) mass is 362 g/mol. The van der Waals surface area contributed by atoms with Crippen molar-refractivity contribution in [2.24, 2.45) is 0 Å². The second kappa shape index (κ2) is 6.76. The van der Waals surface area contributed by atoms with E-state index in [0.717, 1.165) is 43.4 Å². The predicted molar refractivity (Wildman–Crippen MR) is 109 cm³/mol. The summed E-state index contributed by atoms with van der Waals surface area (Å²) < 4.78 is 5.30. The average Bonchev–Trinajstić information content (AvgIpc) is 3.47. The van der Waals surface area contributed by atoms with Gasteiger partial charge < -0.3 is 15.4 Å². The lowest BCUT2D eigenvalue weighted by atomic mass is 9.89. The van der Waals surface area contributed by atoms with Crippen LogP contribution < -0.4 is 15.4 Å². The first-order valence-electron chi connectivity index (χ1n) is 9.57. The Bertz CT molecular complexity index is 913. The predicted octanol–water partition coefficient (Wildman–Crippen LogP) is 4.42. The summed E-state index contributed by atoms with van der Waals surface area (Å²) in [4.78, 5) is 13.1. The van der Waals surface area contributed by atoms with E-state index >= 15 is 0 Å². The number of carbonyl (C=O) groups excluding carboxylic acids is 1. The first-order chi connectivity index (χ1) is 13.1. The Morgan fingerprint density at radius 2 is 2.11 bits per heavy atom. The van der Waals surface area contributed by atoms with Gasteiger partial charge in [0.15, 0.2) is 0 Å². The molecule has 1 aliphatic heterocycles. The maximum absolute atomic E-state index is 13.1. The van der Waals surface area contributed by atoms with Crippen molar-refractivity contribution in [3.8, 4) is 5.75 Å². The lowest BCUT2D eigenvalue weighted by Crippen LogP contribution is -2.36. The standard InChI is InChI=1S/C23H26N2O2/c1-4-16-12-20(18-6-5-11-24-21(18)13-16)23(9-10-23)25-22(26)19-14-17(27-3)8-7-15(19)2/h4,7-8,12-14,24H,1,5-6,9-11H2,2-3H3,(H,25,26). The zero-order valence-corrected chi connectivity index (χ0v) is 16.0. The van der Waals surface area contributed by atoms with Crippen molar-refractivity contribution in [2.75, 3.05) is 19.0 Å². The van der Waals surface area contributed by atoms with Gasteiger partial charge >= 0.3 is 0 Å². The Morgan fingerprint density at radius 1 is 1.30 bits per heavy atom. The van der Waals surface area contributed by atoms with E-state index in [1.807, 2.05) is 31.2 Å². The number of aryl methyl sites for hydroxylation is 1. The molecule has 1 saturated carbocycles. The number of methoxy groups -OCH3 is 1. The Labute approximate surface area is 160 Å². The van der Waals surface area contributed by atoms with Crippen LogP contribution in [0.25, 0.3) is 6.08 Å². The molecule has 2 N–H and O–H groups in total. The maximum atomic E-state index is 13.1. The SMILES string of the molecule is C=Cc1cc2c(c(C3(NC(=O)c4cc(OC)ccc4C)CC3)c1)CCCN2. The molecule has 27 heavy (non-hydrogen) atoms. The van der Waals surface area contributed by atoms with Gasteiger partial charge in [-0.2, -0.15) is 0 Å². The molecule has 2 aromatic carbocycles. The first kappa shape index (κ1) is 17.7. The molecule has 0 spiro atoms. The lowest BCUT2D eigenvalue weighted by Gasteiger charge is -2.27.